The Morgan fingerprint density at radius 1 is 1.18 bits per heavy atom. The zero-order valence-corrected chi connectivity index (χ0v) is 7.01. The van der Waals surface area contributed by atoms with Crippen molar-refractivity contribution in [1.29, 1.82) is 0 Å². The van der Waals surface area contributed by atoms with Crippen molar-refractivity contribution in [3.8, 4) is 0 Å². The van der Waals surface area contributed by atoms with E-state index in [0.29, 0.717) is 6.10 Å². The number of rotatable bonds is 0. The van der Waals surface area contributed by atoms with E-state index in [-0.39, 0.29) is 5.54 Å². The van der Waals surface area contributed by atoms with Crippen LogP contribution in [0.4, 0.5) is 0 Å². The van der Waals surface area contributed by atoms with Crippen molar-refractivity contribution in [2.75, 3.05) is 6.61 Å². The molecule has 1 saturated carbocycles. The van der Waals surface area contributed by atoms with Crippen molar-refractivity contribution in [3.63, 3.8) is 0 Å². The van der Waals surface area contributed by atoms with Crippen LogP contribution in [-0.4, -0.2) is 18.2 Å². The van der Waals surface area contributed by atoms with Crippen LogP contribution in [-0.2, 0) is 4.74 Å². The van der Waals surface area contributed by atoms with Crippen LogP contribution in [0, 0.1) is 0 Å². The summed E-state index contributed by atoms with van der Waals surface area (Å²) in [6.07, 6.45) is 7.79. The molecule has 64 valence electrons. The molecule has 2 rings (SSSR count). The second-order valence-corrected chi connectivity index (χ2v) is 3.94. The summed E-state index contributed by atoms with van der Waals surface area (Å²) in [6, 6.07) is 0. The maximum absolute atomic E-state index is 6.24. The van der Waals surface area contributed by atoms with Gasteiger partial charge in [0, 0.05) is 12.1 Å². The third-order valence-electron chi connectivity index (χ3n) is 3.14. The third kappa shape index (κ3) is 1.30. The van der Waals surface area contributed by atoms with E-state index < -0.39 is 0 Å². The van der Waals surface area contributed by atoms with E-state index in [2.05, 4.69) is 0 Å². The summed E-state index contributed by atoms with van der Waals surface area (Å²) < 4.78 is 5.61. The fraction of sp³-hybridized carbons (Fsp3) is 1.00. The molecule has 0 amide bonds. The average molecular weight is 155 g/mol. The maximum Gasteiger partial charge on any atom is 0.0755 e. The largest absolute Gasteiger partial charge is 0.376 e. The van der Waals surface area contributed by atoms with Crippen LogP contribution in [0.15, 0.2) is 0 Å². The topological polar surface area (TPSA) is 35.2 Å². The molecular weight excluding hydrogens is 138 g/mol. The summed E-state index contributed by atoms with van der Waals surface area (Å²) in [4.78, 5) is 0. The summed E-state index contributed by atoms with van der Waals surface area (Å²) in [7, 11) is 0. The minimum absolute atomic E-state index is 0.0521. The van der Waals surface area contributed by atoms with Gasteiger partial charge in [-0.1, -0.05) is 19.3 Å². The minimum Gasteiger partial charge on any atom is -0.376 e. The third-order valence-corrected chi connectivity index (χ3v) is 3.14. The van der Waals surface area contributed by atoms with Gasteiger partial charge in [0.2, 0.25) is 0 Å². The normalized spacial score (nSPS) is 45.0. The molecule has 11 heavy (non-hydrogen) atoms. The molecule has 2 atom stereocenters. The number of nitrogens with two attached hydrogens (primary N) is 1. The molecule has 1 saturated heterocycles. The smallest absolute Gasteiger partial charge is 0.0755 e. The van der Waals surface area contributed by atoms with E-state index in [9.17, 15) is 0 Å². The molecule has 0 bridgehead atoms. The van der Waals surface area contributed by atoms with Gasteiger partial charge >= 0.3 is 0 Å². The quantitative estimate of drug-likeness (QED) is 0.574. The Hall–Kier alpha value is -0.0800. The molecular formula is C9H17NO. The number of fused-ring (bicyclic) bond motifs is 1. The van der Waals surface area contributed by atoms with E-state index in [0.717, 1.165) is 13.0 Å². The molecule has 1 aliphatic heterocycles. The molecule has 2 aliphatic rings. The van der Waals surface area contributed by atoms with Gasteiger partial charge in [-0.05, 0) is 19.3 Å². The van der Waals surface area contributed by atoms with Crippen molar-refractivity contribution in [1.82, 2.24) is 0 Å². The average Bonchev–Trinajstić information content (AvgIpc) is 2.24. The lowest BCUT2D eigenvalue weighted by Crippen LogP contribution is -2.46. The molecule has 0 spiro atoms. The zero-order valence-electron chi connectivity index (χ0n) is 7.01. The predicted octanol–water partition coefficient (Wildman–Crippen LogP) is 1.44. The highest BCUT2D eigenvalue weighted by molar-refractivity contribution is 4.97. The first kappa shape index (κ1) is 7.56. The van der Waals surface area contributed by atoms with Crippen molar-refractivity contribution in [3.05, 3.63) is 0 Å². The molecule has 2 heteroatoms. The van der Waals surface area contributed by atoms with Gasteiger partial charge in [0.05, 0.1) is 6.10 Å². The van der Waals surface area contributed by atoms with Crippen LogP contribution in [0.1, 0.15) is 38.5 Å². The Morgan fingerprint density at radius 2 is 2.09 bits per heavy atom. The maximum atomic E-state index is 6.24. The van der Waals surface area contributed by atoms with Crippen LogP contribution < -0.4 is 5.73 Å². The molecule has 0 aromatic rings. The monoisotopic (exact) mass is 155 g/mol. The second-order valence-electron chi connectivity index (χ2n) is 3.94. The second kappa shape index (κ2) is 2.76. The molecule has 0 aromatic carbocycles. The molecule has 1 heterocycles. The van der Waals surface area contributed by atoms with Gasteiger partial charge in [0.25, 0.3) is 0 Å². The van der Waals surface area contributed by atoms with Gasteiger partial charge < -0.3 is 10.5 Å². The van der Waals surface area contributed by atoms with Crippen LogP contribution >= 0.6 is 0 Å². The van der Waals surface area contributed by atoms with E-state index >= 15 is 0 Å². The van der Waals surface area contributed by atoms with Crippen molar-refractivity contribution in [2.24, 2.45) is 5.73 Å². The lowest BCUT2D eigenvalue weighted by atomic mass is 9.88. The van der Waals surface area contributed by atoms with Gasteiger partial charge in [-0.3, -0.25) is 0 Å². The van der Waals surface area contributed by atoms with E-state index in [4.69, 9.17) is 10.5 Å². The van der Waals surface area contributed by atoms with E-state index in [1.807, 2.05) is 0 Å². The molecule has 1 aliphatic carbocycles. The van der Waals surface area contributed by atoms with Crippen molar-refractivity contribution in [2.45, 2.75) is 50.2 Å². The number of hydrogen-bond donors (Lipinski definition) is 1. The first-order chi connectivity index (χ1) is 5.31. The first-order valence-corrected chi connectivity index (χ1v) is 4.72. The van der Waals surface area contributed by atoms with Gasteiger partial charge in [0.15, 0.2) is 0 Å². The molecule has 0 radical (unpaired) electrons. The Bertz CT molecular complexity index is 148. The van der Waals surface area contributed by atoms with Crippen LogP contribution in [0.2, 0.25) is 0 Å². The zero-order chi connectivity index (χ0) is 7.73. The Balaban J connectivity index is 2.09. The lowest BCUT2D eigenvalue weighted by molar-refractivity contribution is 0.0751. The van der Waals surface area contributed by atoms with Gasteiger partial charge in [-0.15, -0.1) is 0 Å². The summed E-state index contributed by atoms with van der Waals surface area (Å²) >= 11 is 0. The SMILES string of the molecule is NC12CCCCCC1OCC2. The molecule has 2 nitrogen and oxygen atoms in total. The lowest BCUT2D eigenvalue weighted by Gasteiger charge is -2.27. The Labute approximate surface area is 68.1 Å². The molecule has 2 N–H and O–H groups in total. The summed E-state index contributed by atoms with van der Waals surface area (Å²) in [5.74, 6) is 0. The highest BCUT2D eigenvalue weighted by atomic mass is 16.5. The van der Waals surface area contributed by atoms with E-state index in [1.54, 1.807) is 0 Å². The standard InChI is InChI=1S/C9H17NO/c10-9-5-3-1-2-4-8(9)11-7-6-9/h8H,1-7,10H2. The van der Waals surface area contributed by atoms with Gasteiger partial charge in [-0.25, -0.2) is 0 Å². The molecule has 2 fully saturated rings. The molecule has 0 aromatic heterocycles. The van der Waals surface area contributed by atoms with Crippen LogP contribution in [0.5, 0.6) is 0 Å². The first-order valence-electron chi connectivity index (χ1n) is 4.72. The van der Waals surface area contributed by atoms with Crippen LogP contribution in [0.3, 0.4) is 0 Å². The highest BCUT2D eigenvalue weighted by Gasteiger charge is 2.40. The fourth-order valence-corrected chi connectivity index (χ4v) is 2.34. The van der Waals surface area contributed by atoms with Gasteiger partial charge in [-0.2, -0.15) is 0 Å². The number of hydrogen-bond acceptors (Lipinski definition) is 2. The highest BCUT2D eigenvalue weighted by Crippen LogP contribution is 2.34. The van der Waals surface area contributed by atoms with Crippen molar-refractivity contribution < 1.29 is 4.74 Å². The number of ether oxygens (including phenoxy) is 1. The fourth-order valence-electron chi connectivity index (χ4n) is 2.34. The Morgan fingerprint density at radius 3 is 3.00 bits per heavy atom. The summed E-state index contributed by atoms with van der Waals surface area (Å²) in [6.45, 7) is 0.890. The Kier molecular flexibility index (Phi) is 1.90. The van der Waals surface area contributed by atoms with E-state index in [1.165, 1.54) is 32.1 Å². The summed E-state index contributed by atoms with van der Waals surface area (Å²) in [5.41, 5.74) is 6.29. The predicted molar refractivity (Wildman–Crippen MR) is 44.4 cm³/mol. The van der Waals surface area contributed by atoms with Crippen molar-refractivity contribution >= 4 is 0 Å². The van der Waals surface area contributed by atoms with Crippen LogP contribution in [0.25, 0.3) is 0 Å². The van der Waals surface area contributed by atoms with Gasteiger partial charge in [0.1, 0.15) is 0 Å². The minimum atomic E-state index is 0.0521. The summed E-state index contributed by atoms with van der Waals surface area (Å²) in [5, 5.41) is 0. The molecule has 2 unspecified atom stereocenters.